The topological polar surface area (TPSA) is 26.3 Å². The fourth-order valence-electron chi connectivity index (χ4n) is 0.380. The maximum atomic E-state index is 10.8. The van der Waals surface area contributed by atoms with Crippen molar-refractivity contribution in [1.82, 2.24) is 0 Å². The SMILES string of the molecule is CCOC(=O)C(C)=C(C)Cl. The van der Waals surface area contributed by atoms with E-state index in [4.69, 9.17) is 11.6 Å². The van der Waals surface area contributed by atoms with Crippen LogP contribution in [0, 0.1) is 0 Å². The van der Waals surface area contributed by atoms with Gasteiger partial charge in [0.1, 0.15) is 0 Å². The summed E-state index contributed by atoms with van der Waals surface area (Å²) < 4.78 is 4.68. The van der Waals surface area contributed by atoms with Gasteiger partial charge in [0.05, 0.1) is 6.61 Å². The molecule has 2 nitrogen and oxygen atoms in total. The van der Waals surface area contributed by atoms with Crippen molar-refractivity contribution < 1.29 is 9.53 Å². The maximum absolute atomic E-state index is 10.8. The van der Waals surface area contributed by atoms with Crippen LogP contribution in [0.4, 0.5) is 0 Å². The number of hydrogen-bond acceptors (Lipinski definition) is 2. The monoisotopic (exact) mass is 162 g/mol. The highest BCUT2D eigenvalue weighted by molar-refractivity contribution is 6.31. The number of rotatable bonds is 2. The molecule has 0 saturated carbocycles. The Hall–Kier alpha value is -0.500. The second-order valence-corrected chi connectivity index (χ2v) is 2.45. The van der Waals surface area contributed by atoms with E-state index in [1.165, 1.54) is 0 Å². The quantitative estimate of drug-likeness (QED) is 0.459. The summed E-state index contributed by atoms with van der Waals surface area (Å²) in [7, 11) is 0. The van der Waals surface area contributed by atoms with Gasteiger partial charge in [0, 0.05) is 10.6 Å². The summed E-state index contributed by atoms with van der Waals surface area (Å²) >= 11 is 5.54. The number of ether oxygens (including phenoxy) is 1. The van der Waals surface area contributed by atoms with Crippen LogP contribution in [0.25, 0.3) is 0 Å². The minimum atomic E-state index is -0.338. The molecule has 0 atom stereocenters. The molecule has 0 aliphatic rings. The summed E-state index contributed by atoms with van der Waals surface area (Å²) in [4.78, 5) is 10.8. The van der Waals surface area contributed by atoms with E-state index in [1.807, 2.05) is 0 Å². The largest absolute Gasteiger partial charge is 0.463 e. The normalized spacial score (nSPS) is 12.4. The van der Waals surface area contributed by atoms with E-state index in [0.717, 1.165) is 0 Å². The van der Waals surface area contributed by atoms with Gasteiger partial charge in [0.15, 0.2) is 0 Å². The number of allylic oxidation sites excluding steroid dienone is 1. The van der Waals surface area contributed by atoms with Gasteiger partial charge >= 0.3 is 5.97 Å². The van der Waals surface area contributed by atoms with Crippen LogP contribution in [0.5, 0.6) is 0 Å². The first-order chi connectivity index (χ1) is 4.59. The Bertz CT molecular complexity index is 157. The van der Waals surface area contributed by atoms with Crippen LogP contribution < -0.4 is 0 Å². The van der Waals surface area contributed by atoms with Gasteiger partial charge in [-0.15, -0.1) is 0 Å². The van der Waals surface area contributed by atoms with Gasteiger partial charge in [-0.1, -0.05) is 11.6 Å². The van der Waals surface area contributed by atoms with E-state index in [9.17, 15) is 4.79 Å². The third-order valence-electron chi connectivity index (χ3n) is 1.10. The fraction of sp³-hybridized carbons (Fsp3) is 0.571. The van der Waals surface area contributed by atoms with Crippen molar-refractivity contribution in [2.45, 2.75) is 20.8 Å². The van der Waals surface area contributed by atoms with Crippen molar-refractivity contribution in [3.05, 3.63) is 10.6 Å². The van der Waals surface area contributed by atoms with Crippen LogP contribution in [0.3, 0.4) is 0 Å². The third kappa shape index (κ3) is 2.87. The lowest BCUT2D eigenvalue weighted by molar-refractivity contribution is -0.138. The molecule has 0 unspecified atom stereocenters. The predicted molar refractivity (Wildman–Crippen MR) is 40.9 cm³/mol. The van der Waals surface area contributed by atoms with Crippen LogP contribution >= 0.6 is 11.6 Å². The lowest BCUT2D eigenvalue weighted by atomic mass is 10.3. The molecule has 0 heterocycles. The summed E-state index contributed by atoms with van der Waals surface area (Å²) in [6, 6.07) is 0. The van der Waals surface area contributed by atoms with E-state index >= 15 is 0 Å². The van der Waals surface area contributed by atoms with Crippen molar-refractivity contribution >= 4 is 17.6 Å². The molecule has 58 valence electrons. The molecular weight excluding hydrogens is 152 g/mol. The van der Waals surface area contributed by atoms with Gasteiger partial charge in [0.25, 0.3) is 0 Å². The second-order valence-electron chi connectivity index (χ2n) is 1.88. The fourth-order valence-corrected chi connectivity index (χ4v) is 0.457. The Morgan fingerprint density at radius 1 is 1.50 bits per heavy atom. The average Bonchev–Trinajstić information content (AvgIpc) is 1.87. The van der Waals surface area contributed by atoms with Crippen LogP contribution in [-0.4, -0.2) is 12.6 Å². The zero-order valence-electron chi connectivity index (χ0n) is 6.40. The van der Waals surface area contributed by atoms with E-state index in [-0.39, 0.29) is 5.97 Å². The number of carbonyl (C=O) groups excluding carboxylic acids is 1. The molecule has 0 spiro atoms. The molecule has 3 heteroatoms. The molecule has 0 aromatic carbocycles. The highest BCUT2D eigenvalue weighted by Crippen LogP contribution is 2.08. The minimum absolute atomic E-state index is 0.338. The highest BCUT2D eigenvalue weighted by atomic mass is 35.5. The smallest absolute Gasteiger partial charge is 0.334 e. The summed E-state index contributed by atoms with van der Waals surface area (Å²) in [6.45, 7) is 5.45. The lowest BCUT2D eigenvalue weighted by Crippen LogP contribution is -2.05. The minimum Gasteiger partial charge on any atom is -0.463 e. The van der Waals surface area contributed by atoms with E-state index < -0.39 is 0 Å². The van der Waals surface area contributed by atoms with E-state index in [1.54, 1.807) is 20.8 Å². The molecule has 0 amide bonds. The average molecular weight is 163 g/mol. The van der Waals surface area contributed by atoms with Crippen molar-refractivity contribution in [2.24, 2.45) is 0 Å². The Balaban J connectivity index is 4.09. The summed E-state index contributed by atoms with van der Waals surface area (Å²) in [5.74, 6) is -0.338. The van der Waals surface area contributed by atoms with Crippen LogP contribution in [0.1, 0.15) is 20.8 Å². The van der Waals surface area contributed by atoms with Crippen molar-refractivity contribution in [1.29, 1.82) is 0 Å². The number of hydrogen-bond donors (Lipinski definition) is 0. The Morgan fingerprint density at radius 2 is 2.00 bits per heavy atom. The van der Waals surface area contributed by atoms with Gasteiger partial charge < -0.3 is 4.74 Å². The van der Waals surface area contributed by atoms with Crippen molar-refractivity contribution in [3.8, 4) is 0 Å². The first-order valence-corrected chi connectivity index (χ1v) is 3.47. The molecular formula is C7H11ClO2. The summed E-state index contributed by atoms with van der Waals surface area (Å²) in [6.07, 6.45) is 0. The van der Waals surface area contributed by atoms with Gasteiger partial charge in [0.2, 0.25) is 0 Å². The molecule has 0 bridgehead atoms. The van der Waals surface area contributed by atoms with Gasteiger partial charge in [-0.25, -0.2) is 4.79 Å². The van der Waals surface area contributed by atoms with Crippen molar-refractivity contribution in [2.75, 3.05) is 6.61 Å². The first kappa shape index (κ1) is 9.50. The zero-order valence-corrected chi connectivity index (χ0v) is 7.16. The van der Waals surface area contributed by atoms with Crippen LogP contribution in [0.2, 0.25) is 0 Å². The van der Waals surface area contributed by atoms with Gasteiger partial charge in [-0.3, -0.25) is 0 Å². The molecule has 0 fully saturated rings. The molecule has 0 aliphatic heterocycles. The molecule has 0 saturated heterocycles. The zero-order chi connectivity index (χ0) is 8.15. The molecule has 0 rings (SSSR count). The summed E-state index contributed by atoms with van der Waals surface area (Å²) in [5.41, 5.74) is 0.475. The Kier molecular flexibility index (Phi) is 4.12. The lowest BCUT2D eigenvalue weighted by Gasteiger charge is -2.00. The van der Waals surface area contributed by atoms with E-state index in [0.29, 0.717) is 17.2 Å². The van der Waals surface area contributed by atoms with Crippen LogP contribution in [0.15, 0.2) is 10.6 Å². The van der Waals surface area contributed by atoms with E-state index in [2.05, 4.69) is 4.74 Å². The summed E-state index contributed by atoms with van der Waals surface area (Å²) in [5, 5.41) is 0.485. The molecule has 0 N–H and O–H groups in total. The van der Waals surface area contributed by atoms with Crippen molar-refractivity contribution in [3.63, 3.8) is 0 Å². The maximum Gasteiger partial charge on any atom is 0.334 e. The number of carbonyl (C=O) groups is 1. The molecule has 0 aromatic rings. The Labute approximate surface area is 65.8 Å². The molecule has 10 heavy (non-hydrogen) atoms. The molecule has 0 aliphatic carbocycles. The predicted octanol–water partition coefficient (Wildman–Crippen LogP) is 2.08. The third-order valence-corrected chi connectivity index (χ3v) is 1.38. The number of halogens is 1. The van der Waals surface area contributed by atoms with Gasteiger partial charge in [-0.2, -0.15) is 0 Å². The molecule has 0 aromatic heterocycles. The number of esters is 1. The Morgan fingerprint density at radius 3 is 2.30 bits per heavy atom. The second kappa shape index (κ2) is 4.34. The molecule has 0 radical (unpaired) electrons. The standard InChI is InChI=1S/C7H11ClO2/c1-4-10-7(9)5(2)6(3)8/h4H2,1-3H3. The highest BCUT2D eigenvalue weighted by Gasteiger charge is 2.05. The van der Waals surface area contributed by atoms with Gasteiger partial charge in [-0.05, 0) is 20.8 Å². The first-order valence-electron chi connectivity index (χ1n) is 3.09. The van der Waals surface area contributed by atoms with Crippen LogP contribution in [-0.2, 0) is 9.53 Å².